The molecule has 5 nitrogen and oxygen atoms in total. The molecule has 0 unspecified atom stereocenters. The van der Waals surface area contributed by atoms with E-state index in [1.54, 1.807) is 6.07 Å². The van der Waals surface area contributed by atoms with Crippen LogP contribution < -0.4 is 11.5 Å². The maximum atomic E-state index is 5.87. The summed E-state index contributed by atoms with van der Waals surface area (Å²) in [6.07, 6.45) is 16.6. The van der Waals surface area contributed by atoms with Gasteiger partial charge in [0.1, 0.15) is 22.5 Å². The van der Waals surface area contributed by atoms with Crippen LogP contribution in [0.5, 0.6) is 0 Å². The first kappa shape index (κ1) is 32.7. The van der Waals surface area contributed by atoms with Crippen LogP contribution in [-0.2, 0) is 32.1 Å². The van der Waals surface area contributed by atoms with Gasteiger partial charge in [-0.25, -0.2) is 15.0 Å². The zero-order valence-corrected chi connectivity index (χ0v) is 27.7. The third kappa shape index (κ3) is 10.5. The highest BCUT2D eigenvalue weighted by Gasteiger charge is 2.14. The van der Waals surface area contributed by atoms with Crippen molar-refractivity contribution in [1.82, 2.24) is 15.0 Å². The number of unbranched alkanes of at least 4 members (excludes halogenated alkanes) is 7. The fourth-order valence-corrected chi connectivity index (χ4v) is 7.20. The average molecular weight is 598 g/mol. The van der Waals surface area contributed by atoms with Crippen LogP contribution in [0, 0.1) is 20.8 Å². The molecule has 2 aromatic heterocycles. The number of nitrogen functional groups attached to an aromatic ring is 2. The summed E-state index contributed by atoms with van der Waals surface area (Å²) in [5.74, 6) is 1.52. The van der Waals surface area contributed by atoms with E-state index in [0.29, 0.717) is 23.9 Å². The highest BCUT2D eigenvalue weighted by molar-refractivity contribution is 7.15. The minimum atomic E-state index is 0.419. The average Bonchev–Trinajstić information content (AvgIpc) is 3.35. The van der Waals surface area contributed by atoms with Crippen molar-refractivity contribution in [1.29, 1.82) is 0 Å². The molecule has 0 aliphatic rings. The Morgan fingerprint density at radius 2 is 1.26 bits per heavy atom. The number of nitrogens with zero attached hydrogens (tertiary/aromatic N) is 3. The number of rotatable bonds is 17. The van der Waals surface area contributed by atoms with Gasteiger partial charge in [-0.1, -0.05) is 93.3 Å². The monoisotopic (exact) mass is 597 g/mol. The molecule has 4 N–H and O–H groups in total. The first-order valence-electron chi connectivity index (χ1n) is 16.3. The maximum Gasteiger partial charge on any atom is 0.133 e. The lowest BCUT2D eigenvalue weighted by Crippen LogP contribution is -2.05. The van der Waals surface area contributed by atoms with Crippen LogP contribution >= 0.6 is 11.3 Å². The molecule has 0 aliphatic carbocycles. The van der Waals surface area contributed by atoms with Gasteiger partial charge in [0.25, 0.3) is 0 Å². The number of thiazole rings is 1. The number of aromatic nitrogens is 3. The molecule has 2 aromatic carbocycles. The van der Waals surface area contributed by atoms with Crippen molar-refractivity contribution < 1.29 is 0 Å². The molecule has 0 saturated carbocycles. The molecule has 2 heterocycles. The minimum absolute atomic E-state index is 0.419. The van der Waals surface area contributed by atoms with Gasteiger partial charge >= 0.3 is 0 Å². The highest BCUT2D eigenvalue weighted by atomic mass is 32.1. The summed E-state index contributed by atoms with van der Waals surface area (Å²) in [5.41, 5.74) is 21.3. The fraction of sp³-hybridized carbons (Fsp3) is 0.486. The van der Waals surface area contributed by atoms with Gasteiger partial charge in [0.05, 0.1) is 5.69 Å². The molecule has 230 valence electrons. The molecule has 6 heteroatoms. The Morgan fingerprint density at radius 1 is 0.628 bits per heavy atom. The number of hydrogen-bond donors (Lipinski definition) is 2. The molecular formula is C37H51N5S. The molecule has 43 heavy (non-hydrogen) atoms. The Bertz CT molecular complexity index is 1420. The maximum absolute atomic E-state index is 5.87. The second-order valence-electron chi connectivity index (χ2n) is 12.2. The van der Waals surface area contributed by atoms with Gasteiger partial charge in [-0.3, -0.25) is 0 Å². The first-order chi connectivity index (χ1) is 20.8. The summed E-state index contributed by atoms with van der Waals surface area (Å²) >= 11 is 1.83. The SMILES string of the molecule is CCCc1sc(-c2ccc(C)c(CCCCCCCCCCc3cc(C)cc(C)c3)c2)nc1CCc1nc(N)cc(N)n1. The third-order valence-corrected chi connectivity index (χ3v) is 9.40. The van der Waals surface area contributed by atoms with E-state index in [2.05, 4.69) is 74.1 Å². The predicted octanol–water partition coefficient (Wildman–Crippen LogP) is 9.33. The quantitative estimate of drug-likeness (QED) is 0.118. The Kier molecular flexibility index (Phi) is 12.6. The van der Waals surface area contributed by atoms with Crippen molar-refractivity contribution in [3.63, 3.8) is 0 Å². The normalized spacial score (nSPS) is 11.3. The zero-order valence-electron chi connectivity index (χ0n) is 26.8. The third-order valence-electron chi connectivity index (χ3n) is 8.19. The van der Waals surface area contributed by atoms with E-state index in [9.17, 15) is 0 Å². The van der Waals surface area contributed by atoms with Crippen LogP contribution in [0.15, 0.2) is 42.5 Å². The molecule has 0 radical (unpaired) electrons. The largest absolute Gasteiger partial charge is 0.384 e. The molecule has 0 spiro atoms. The van der Waals surface area contributed by atoms with E-state index in [1.165, 1.54) is 96.0 Å². The molecule has 0 fully saturated rings. The van der Waals surface area contributed by atoms with Crippen molar-refractivity contribution in [3.8, 4) is 10.6 Å². The van der Waals surface area contributed by atoms with Crippen molar-refractivity contribution in [3.05, 3.63) is 86.7 Å². The summed E-state index contributed by atoms with van der Waals surface area (Å²) < 4.78 is 0. The molecule has 0 bridgehead atoms. The summed E-state index contributed by atoms with van der Waals surface area (Å²) in [6, 6.07) is 15.4. The second-order valence-corrected chi connectivity index (χ2v) is 13.3. The van der Waals surface area contributed by atoms with E-state index in [1.807, 2.05) is 11.3 Å². The van der Waals surface area contributed by atoms with Crippen LogP contribution in [0.25, 0.3) is 10.6 Å². The first-order valence-corrected chi connectivity index (χ1v) is 17.2. The molecule has 4 rings (SSSR count). The lowest BCUT2D eigenvalue weighted by atomic mass is 9.98. The number of anilines is 2. The molecule has 4 aromatic rings. The van der Waals surface area contributed by atoms with Gasteiger partial charge in [-0.2, -0.15) is 0 Å². The van der Waals surface area contributed by atoms with Gasteiger partial charge in [0.2, 0.25) is 0 Å². The minimum Gasteiger partial charge on any atom is -0.384 e. The van der Waals surface area contributed by atoms with E-state index in [0.717, 1.165) is 36.4 Å². The summed E-state index contributed by atoms with van der Waals surface area (Å²) in [4.78, 5) is 15.2. The van der Waals surface area contributed by atoms with E-state index in [4.69, 9.17) is 16.5 Å². The van der Waals surface area contributed by atoms with Crippen LogP contribution in [0.3, 0.4) is 0 Å². The van der Waals surface area contributed by atoms with Crippen LogP contribution in [-0.4, -0.2) is 15.0 Å². The second kappa shape index (κ2) is 16.6. The van der Waals surface area contributed by atoms with Crippen LogP contribution in [0.1, 0.15) is 109 Å². The summed E-state index contributed by atoms with van der Waals surface area (Å²) in [6.45, 7) is 8.87. The van der Waals surface area contributed by atoms with Crippen molar-refractivity contribution in [2.24, 2.45) is 0 Å². The number of benzene rings is 2. The fourth-order valence-electron chi connectivity index (χ4n) is 6.00. The summed E-state index contributed by atoms with van der Waals surface area (Å²) in [5, 5.41) is 1.12. The smallest absolute Gasteiger partial charge is 0.133 e. The molecule has 0 atom stereocenters. The van der Waals surface area contributed by atoms with Crippen molar-refractivity contribution in [2.75, 3.05) is 11.5 Å². The van der Waals surface area contributed by atoms with Crippen molar-refractivity contribution in [2.45, 2.75) is 118 Å². The lowest BCUT2D eigenvalue weighted by molar-refractivity contribution is 0.567. The summed E-state index contributed by atoms with van der Waals surface area (Å²) in [7, 11) is 0. The van der Waals surface area contributed by atoms with E-state index in [-0.39, 0.29) is 0 Å². The molecule has 0 amide bonds. The Labute approximate surface area is 263 Å². The molecular weight excluding hydrogens is 547 g/mol. The lowest BCUT2D eigenvalue weighted by Gasteiger charge is -2.08. The zero-order chi connectivity index (χ0) is 30.6. The van der Waals surface area contributed by atoms with Crippen LogP contribution in [0.4, 0.5) is 11.6 Å². The standard InChI is InChI=1S/C37H51N5S/c1-5-14-33-32(19-20-36-41-34(38)25-35(39)42-36)40-37(43-33)31-18-17-28(4)30(24-31)16-13-11-9-7-6-8-10-12-15-29-22-26(2)21-27(3)23-29/h17-18,21-25H,5-16,19-20H2,1-4H3,(H4,38,39,41,42). The van der Waals surface area contributed by atoms with Crippen molar-refractivity contribution >= 4 is 23.0 Å². The predicted molar refractivity (Wildman–Crippen MR) is 185 cm³/mol. The van der Waals surface area contributed by atoms with Gasteiger partial charge in [-0.05, 0) is 82.1 Å². The number of hydrogen-bond acceptors (Lipinski definition) is 6. The number of nitrogens with two attached hydrogens (primary N) is 2. The Morgan fingerprint density at radius 3 is 1.91 bits per heavy atom. The van der Waals surface area contributed by atoms with Crippen LogP contribution in [0.2, 0.25) is 0 Å². The molecule has 0 aliphatic heterocycles. The topological polar surface area (TPSA) is 90.7 Å². The van der Waals surface area contributed by atoms with Gasteiger partial charge in [0.15, 0.2) is 0 Å². The van der Waals surface area contributed by atoms with Gasteiger partial charge in [0, 0.05) is 22.9 Å². The van der Waals surface area contributed by atoms with E-state index >= 15 is 0 Å². The Hall–Kier alpha value is -3.25. The van der Waals surface area contributed by atoms with Gasteiger partial charge < -0.3 is 11.5 Å². The number of aryl methyl sites for hydroxylation is 8. The molecule has 0 saturated heterocycles. The Balaban J connectivity index is 1.21. The highest BCUT2D eigenvalue weighted by Crippen LogP contribution is 2.31. The van der Waals surface area contributed by atoms with E-state index < -0.39 is 0 Å². The van der Waals surface area contributed by atoms with Gasteiger partial charge in [-0.15, -0.1) is 11.3 Å².